The van der Waals surface area contributed by atoms with Crippen molar-refractivity contribution >= 4 is 76.7 Å². The molecular formula is C34H53N9O8S2. The molecule has 6 amide bonds. The van der Waals surface area contributed by atoms with Gasteiger partial charge in [0.25, 0.3) is 0 Å². The number of thiol groups is 1. The topological polar surface area (TPSA) is 294 Å². The zero-order chi connectivity index (χ0) is 39.7. The first-order valence-corrected chi connectivity index (χ1v) is 19.3. The molecule has 1 aromatic heterocycles. The van der Waals surface area contributed by atoms with E-state index in [1.54, 1.807) is 26.3 Å². The van der Waals surface area contributed by atoms with Gasteiger partial charge in [-0.3, -0.25) is 28.8 Å². The Morgan fingerprint density at radius 3 is 1.98 bits per heavy atom. The second kappa shape index (κ2) is 22.7. The molecule has 0 unspecified atom stereocenters. The van der Waals surface area contributed by atoms with Crippen LogP contribution in [0.4, 0.5) is 0 Å². The van der Waals surface area contributed by atoms with E-state index in [0.29, 0.717) is 30.7 Å². The second-order valence-electron chi connectivity index (χ2n) is 12.9. The number of carboxylic acid groups (broad SMARTS) is 1. The van der Waals surface area contributed by atoms with Gasteiger partial charge in [-0.1, -0.05) is 32.0 Å². The maximum absolute atomic E-state index is 13.8. The molecule has 0 saturated carbocycles. The lowest BCUT2D eigenvalue weighted by Crippen LogP contribution is -2.60. The van der Waals surface area contributed by atoms with E-state index in [1.807, 2.05) is 24.3 Å². The third-order valence-corrected chi connectivity index (χ3v) is 9.40. The van der Waals surface area contributed by atoms with Gasteiger partial charge in [0.05, 0.1) is 12.5 Å². The summed E-state index contributed by atoms with van der Waals surface area (Å²) in [5, 5.41) is 23.2. The number of primary amides is 1. The number of carbonyl (C=O) groups excluding carboxylic acids is 6. The Morgan fingerprint density at radius 2 is 1.40 bits per heavy atom. The van der Waals surface area contributed by atoms with Crippen molar-refractivity contribution in [2.24, 2.45) is 23.1 Å². The summed E-state index contributed by atoms with van der Waals surface area (Å²) >= 11 is 5.47. The molecule has 6 atom stereocenters. The van der Waals surface area contributed by atoms with Crippen LogP contribution < -0.4 is 43.8 Å². The molecular weight excluding hydrogens is 727 g/mol. The summed E-state index contributed by atoms with van der Waals surface area (Å²) in [6.45, 7) is 3.57. The van der Waals surface area contributed by atoms with Gasteiger partial charge in [0.15, 0.2) is 0 Å². The van der Waals surface area contributed by atoms with Crippen LogP contribution in [0.15, 0.2) is 30.5 Å². The Kier molecular flexibility index (Phi) is 19.2. The molecule has 294 valence electrons. The number of H-pyrrole nitrogens is 1. The average molecular weight is 780 g/mol. The Hall–Kier alpha value is -4.33. The fourth-order valence-corrected chi connectivity index (χ4v) is 5.99. The van der Waals surface area contributed by atoms with Crippen molar-refractivity contribution in [3.05, 3.63) is 36.0 Å². The normalized spacial score (nSPS) is 14.6. The summed E-state index contributed by atoms with van der Waals surface area (Å²) < 4.78 is 0. The minimum Gasteiger partial charge on any atom is -0.480 e. The summed E-state index contributed by atoms with van der Waals surface area (Å²) in [7, 11) is 0. The number of aliphatic carboxylic acids is 1. The van der Waals surface area contributed by atoms with Crippen LogP contribution in [-0.2, 0) is 40.0 Å². The lowest BCUT2D eigenvalue weighted by atomic mass is 10.0. The average Bonchev–Trinajstić information content (AvgIpc) is 3.52. The number of carbonyl (C=O) groups is 7. The number of amides is 6. The van der Waals surface area contributed by atoms with Crippen LogP contribution in [0, 0.1) is 5.92 Å². The fraction of sp³-hybridized carbons (Fsp3) is 0.559. The van der Waals surface area contributed by atoms with Crippen molar-refractivity contribution in [2.75, 3.05) is 24.3 Å². The lowest BCUT2D eigenvalue weighted by molar-refractivity contribution is -0.143. The van der Waals surface area contributed by atoms with Crippen LogP contribution in [0.25, 0.3) is 10.9 Å². The van der Waals surface area contributed by atoms with Crippen LogP contribution >= 0.6 is 24.4 Å². The molecule has 0 fully saturated rings. The molecule has 1 aromatic carbocycles. The van der Waals surface area contributed by atoms with Crippen molar-refractivity contribution < 1.29 is 38.7 Å². The number of carboxylic acids is 1. The van der Waals surface area contributed by atoms with E-state index in [1.165, 1.54) is 11.8 Å². The van der Waals surface area contributed by atoms with E-state index < -0.39 is 90.0 Å². The summed E-state index contributed by atoms with van der Waals surface area (Å²) in [5.41, 5.74) is 18.4. The Balaban J connectivity index is 2.35. The number of fused-ring (bicyclic) bond motifs is 1. The Morgan fingerprint density at radius 1 is 0.830 bits per heavy atom. The van der Waals surface area contributed by atoms with E-state index in [4.69, 9.17) is 17.2 Å². The van der Waals surface area contributed by atoms with Gasteiger partial charge in [-0.25, -0.2) is 4.79 Å². The summed E-state index contributed by atoms with van der Waals surface area (Å²) in [6, 6.07) is -0.134. The summed E-state index contributed by atoms with van der Waals surface area (Å²) in [4.78, 5) is 94.2. The summed E-state index contributed by atoms with van der Waals surface area (Å²) in [5.74, 6) is -6.05. The maximum Gasteiger partial charge on any atom is 0.326 e. The number of hydrogen-bond acceptors (Lipinski definition) is 11. The standard InChI is InChI=1S/C34H53N9O8S2/c1-18(2)28(34(50)51)43-31(47)24(11-13-53-3)40-30(46)23(10-6-7-12-35)39-33(49)26(15-27(37)44)42-32(48)25(41-29(45)21(36)17-52)14-19-16-38-22-9-5-4-8-20(19)22/h4-5,8-9,16,18,21,23-26,28,38,52H,6-7,10-15,17,35-36H2,1-3H3,(H2,37,44)(H,39,49)(H,40,46)(H,41,45)(H,42,48)(H,43,47)(H,50,51)/t21-,23-,24-,25-,26-,28-/m0/s1. The Bertz CT molecular complexity index is 1570. The van der Waals surface area contributed by atoms with Gasteiger partial charge in [0.2, 0.25) is 35.4 Å². The molecule has 17 nitrogen and oxygen atoms in total. The number of nitrogens with one attached hydrogen (secondary N) is 6. The highest BCUT2D eigenvalue weighted by Crippen LogP contribution is 2.19. The first-order chi connectivity index (χ1) is 25.1. The number of rotatable bonds is 24. The van der Waals surface area contributed by atoms with E-state index in [9.17, 15) is 38.7 Å². The number of nitrogens with two attached hydrogens (primary N) is 3. The molecule has 53 heavy (non-hydrogen) atoms. The van der Waals surface area contributed by atoms with E-state index in [2.05, 4.69) is 44.2 Å². The van der Waals surface area contributed by atoms with Gasteiger partial charge in [-0.2, -0.15) is 24.4 Å². The molecule has 0 radical (unpaired) electrons. The highest BCUT2D eigenvalue weighted by atomic mass is 32.2. The first kappa shape index (κ1) is 44.8. The highest BCUT2D eigenvalue weighted by molar-refractivity contribution is 7.98. The van der Waals surface area contributed by atoms with Crippen molar-refractivity contribution in [1.82, 2.24) is 31.6 Å². The van der Waals surface area contributed by atoms with Crippen molar-refractivity contribution in [3.63, 3.8) is 0 Å². The SMILES string of the molecule is CSCC[C@H](NC(=O)[C@H](CCCCN)NC(=O)[C@H](CC(N)=O)NC(=O)[C@H](Cc1c[nH]c2ccccc12)NC(=O)[C@@H](N)CS)C(=O)N[C@H](C(=O)O)C(C)C. The number of unbranched alkanes of at least 4 members (excludes halogenated alkanes) is 1. The van der Waals surface area contributed by atoms with Gasteiger partial charge in [0.1, 0.15) is 30.2 Å². The van der Waals surface area contributed by atoms with E-state index in [-0.39, 0.29) is 25.0 Å². The summed E-state index contributed by atoms with van der Waals surface area (Å²) in [6.07, 6.45) is 3.95. The molecule has 19 heteroatoms. The van der Waals surface area contributed by atoms with Gasteiger partial charge >= 0.3 is 5.97 Å². The molecule has 0 aliphatic heterocycles. The van der Waals surface area contributed by atoms with Crippen LogP contribution in [0.2, 0.25) is 0 Å². The second-order valence-corrected chi connectivity index (χ2v) is 14.3. The quantitative estimate of drug-likeness (QED) is 0.0449. The van der Waals surface area contributed by atoms with Gasteiger partial charge in [-0.05, 0) is 61.8 Å². The minimum absolute atomic E-state index is 0.00869. The van der Waals surface area contributed by atoms with Crippen LogP contribution in [0.5, 0.6) is 0 Å². The number of aromatic amines is 1. The zero-order valence-electron chi connectivity index (χ0n) is 30.2. The molecule has 0 aliphatic carbocycles. The van der Waals surface area contributed by atoms with Crippen LogP contribution in [0.3, 0.4) is 0 Å². The number of para-hydroxylation sites is 1. The molecule has 1 heterocycles. The van der Waals surface area contributed by atoms with Crippen molar-refractivity contribution in [3.8, 4) is 0 Å². The highest BCUT2D eigenvalue weighted by Gasteiger charge is 2.34. The first-order valence-electron chi connectivity index (χ1n) is 17.3. The lowest BCUT2D eigenvalue weighted by Gasteiger charge is -2.27. The van der Waals surface area contributed by atoms with Crippen molar-refractivity contribution in [1.29, 1.82) is 0 Å². The predicted octanol–water partition coefficient (Wildman–Crippen LogP) is -1.11. The smallest absolute Gasteiger partial charge is 0.326 e. The number of hydrogen-bond donors (Lipinski definition) is 11. The van der Waals surface area contributed by atoms with Gasteiger partial charge < -0.3 is 53.9 Å². The molecule has 13 N–H and O–H groups in total. The van der Waals surface area contributed by atoms with E-state index in [0.717, 1.165) is 10.9 Å². The molecule has 0 saturated heterocycles. The van der Waals surface area contributed by atoms with Crippen molar-refractivity contribution in [2.45, 2.75) is 88.6 Å². The maximum atomic E-state index is 13.8. The van der Waals surface area contributed by atoms with E-state index >= 15 is 0 Å². The Labute approximate surface area is 318 Å². The van der Waals surface area contributed by atoms with Gasteiger partial charge in [0, 0.05) is 29.3 Å². The monoisotopic (exact) mass is 779 g/mol. The van der Waals surface area contributed by atoms with Crippen LogP contribution in [-0.4, -0.2) is 112 Å². The third-order valence-electron chi connectivity index (χ3n) is 8.36. The van der Waals surface area contributed by atoms with Crippen LogP contribution in [0.1, 0.15) is 51.5 Å². The zero-order valence-corrected chi connectivity index (χ0v) is 31.9. The fourth-order valence-electron chi connectivity index (χ4n) is 5.35. The number of aromatic nitrogens is 1. The third kappa shape index (κ3) is 14.5. The molecule has 0 spiro atoms. The molecule has 2 rings (SSSR count). The largest absolute Gasteiger partial charge is 0.480 e. The molecule has 0 bridgehead atoms. The molecule has 0 aliphatic rings. The number of benzene rings is 1. The predicted molar refractivity (Wildman–Crippen MR) is 206 cm³/mol. The minimum atomic E-state index is -1.57. The van der Waals surface area contributed by atoms with Gasteiger partial charge in [-0.15, -0.1) is 0 Å². The number of thioether (sulfide) groups is 1. The molecule has 2 aromatic rings.